The van der Waals surface area contributed by atoms with Crippen molar-refractivity contribution in [2.45, 2.75) is 23.6 Å². The minimum Gasteiger partial charge on any atom is -0.192 e. The Morgan fingerprint density at radius 1 is 1.33 bits per heavy atom. The first-order valence-corrected chi connectivity index (χ1v) is 7.10. The van der Waals surface area contributed by atoms with Crippen LogP contribution in [0, 0.1) is 17.2 Å². The number of hydrogen-bond acceptors (Lipinski definition) is 3. The van der Waals surface area contributed by atoms with Crippen molar-refractivity contribution in [3.05, 3.63) is 23.8 Å². The molecule has 0 unspecified atom stereocenters. The highest BCUT2D eigenvalue weighted by Crippen LogP contribution is 2.30. The molecule has 0 bridgehead atoms. The fourth-order valence-corrected chi connectivity index (χ4v) is 2.79. The molecule has 15 heavy (non-hydrogen) atoms. The third-order valence-electron chi connectivity index (χ3n) is 1.89. The first kappa shape index (κ1) is 12.5. The van der Waals surface area contributed by atoms with Crippen LogP contribution in [0.25, 0.3) is 0 Å². The van der Waals surface area contributed by atoms with Crippen LogP contribution in [0.4, 0.5) is 0 Å². The van der Waals surface area contributed by atoms with Gasteiger partial charge in [-0.05, 0) is 24.3 Å². The highest BCUT2D eigenvalue weighted by atomic mass is 32.2. The van der Waals surface area contributed by atoms with Crippen molar-refractivity contribution in [1.29, 1.82) is 5.26 Å². The van der Waals surface area contributed by atoms with E-state index in [0.29, 0.717) is 5.92 Å². The summed E-state index contributed by atoms with van der Waals surface area (Å²) in [5, 5.41) is 9.12. The molecule has 0 aromatic heterocycles. The van der Waals surface area contributed by atoms with Crippen molar-refractivity contribution in [3.63, 3.8) is 0 Å². The second-order valence-electron chi connectivity index (χ2n) is 3.65. The monoisotopic (exact) mass is 237 g/mol. The van der Waals surface area contributed by atoms with E-state index in [1.807, 2.05) is 24.5 Å². The number of nitrogens with zero attached hydrogens (tertiary/aromatic N) is 1. The Kier molecular flexibility index (Phi) is 5.07. The third kappa shape index (κ3) is 3.48. The molecule has 0 aliphatic carbocycles. The molecular weight excluding hydrogens is 222 g/mol. The number of rotatable bonds is 4. The smallest absolute Gasteiger partial charge is 0.101 e. The molecule has 1 nitrogen and oxygen atoms in total. The summed E-state index contributed by atoms with van der Waals surface area (Å²) in [6.45, 7) is 4.38. The van der Waals surface area contributed by atoms with Crippen LogP contribution in [0.3, 0.4) is 0 Å². The van der Waals surface area contributed by atoms with E-state index in [1.54, 1.807) is 23.5 Å². The summed E-state index contributed by atoms with van der Waals surface area (Å²) in [5.74, 6) is 1.71. The Balaban J connectivity index is 2.92. The highest BCUT2D eigenvalue weighted by Gasteiger charge is 2.08. The predicted molar refractivity (Wildman–Crippen MR) is 68.5 cm³/mol. The molecule has 1 rings (SSSR count). The van der Waals surface area contributed by atoms with Crippen LogP contribution in [-0.2, 0) is 0 Å². The van der Waals surface area contributed by atoms with Crippen molar-refractivity contribution in [1.82, 2.24) is 0 Å². The summed E-state index contributed by atoms with van der Waals surface area (Å²) in [4.78, 5) is 2.18. The molecule has 0 aliphatic rings. The second-order valence-corrected chi connectivity index (χ2v) is 5.56. The van der Waals surface area contributed by atoms with E-state index in [4.69, 9.17) is 5.26 Å². The van der Waals surface area contributed by atoms with Gasteiger partial charge in [-0.15, -0.1) is 23.5 Å². The molecule has 1 aromatic rings. The molecule has 0 N–H and O–H groups in total. The summed E-state index contributed by atoms with van der Waals surface area (Å²) < 4.78 is 0. The van der Waals surface area contributed by atoms with Gasteiger partial charge in [0.2, 0.25) is 0 Å². The SMILES string of the molecule is CSc1cccc(SCC(C)C)c1C#N. The van der Waals surface area contributed by atoms with Gasteiger partial charge in [-0.1, -0.05) is 19.9 Å². The maximum atomic E-state index is 9.12. The van der Waals surface area contributed by atoms with Crippen LogP contribution in [0.1, 0.15) is 19.4 Å². The molecule has 0 atom stereocenters. The molecule has 0 spiro atoms. The lowest BCUT2D eigenvalue weighted by molar-refractivity contribution is 0.750. The summed E-state index contributed by atoms with van der Waals surface area (Å²) in [6, 6.07) is 8.36. The van der Waals surface area contributed by atoms with E-state index >= 15 is 0 Å². The lowest BCUT2D eigenvalue weighted by atomic mass is 10.2. The Morgan fingerprint density at radius 2 is 2.00 bits per heavy atom. The Bertz CT molecular complexity index is 366. The average Bonchev–Trinajstić information content (AvgIpc) is 2.25. The number of nitriles is 1. The minimum absolute atomic E-state index is 0.652. The summed E-state index contributed by atoms with van der Waals surface area (Å²) >= 11 is 3.41. The zero-order valence-electron chi connectivity index (χ0n) is 9.28. The van der Waals surface area contributed by atoms with Gasteiger partial charge >= 0.3 is 0 Å². The lowest BCUT2D eigenvalue weighted by Gasteiger charge is -2.08. The number of hydrogen-bond donors (Lipinski definition) is 0. The van der Waals surface area contributed by atoms with Crippen LogP contribution in [0.15, 0.2) is 28.0 Å². The minimum atomic E-state index is 0.652. The average molecular weight is 237 g/mol. The van der Waals surface area contributed by atoms with E-state index < -0.39 is 0 Å². The summed E-state index contributed by atoms with van der Waals surface area (Å²) in [7, 11) is 0. The van der Waals surface area contributed by atoms with Crippen LogP contribution in [0.2, 0.25) is 0 Å². The molecule has 0 amide bonds. The molecular formula is C12H15NS2. The number of benzene rings is 1. The zero-order chi connectivity index (χ0) is 11.3. The highest BCUT2D eigenvalue weighted by molar-refractivity contribution is 7.99. The van der Waals surface area contributed by atoms with Gasteiger partial charge in [0.05, 0.1) is 5.56 Å². The fourth-order valence-electron chi connectivity index (χ4n) is 1.17. The van der Waals surface area contributed by atoms with Gasteiger partial charge in [0.15, 0.2) is 0 Å². The first-order valence-electron chi connectivity index (χ1n) is 4.89. The van der Waals surface area contributed by atoms with Gasteiger partial charge in [-0.2, -0.15) is 5.26 Å². The summed E-state index contributed by atoms with van der Waals surface area (Å²) in [6.07, 6.45) is 2.01. The van der Waals surface area contributed by atoms with Crippen molar-refractivity contribution < 1.29 is 0 Å². The Morgan fingerprint density at radius 3 is 2.53 bits per heavy atom. The molecule has 0 aliphatic heterocycles. The van der Waals surface area contributed by atoms with E-state index in [9.17, 15) is 0 Å². The second kappa shape index (κ2) is 6.09. The predicted octanol–water partition coefficient (Wildman–Crippen LogP) is 4.03. The summed E-state index contributed by atoms with van der Waals surface area (Å²) in [5.41, 5.74) is 0.829. The van der Waals surface area contributed by atoms with Crippen molar-refractivity contribution in [3.8, 4) is 6.07 Å². The molecule has 0 saturated carbocycles. The molecule has 0 saturated heterocycles. The molecule has 0 heterocycles. The van der Waals surface area contributed by atoms with Gasteiger partial charge in [-0.3, -0.25) is 0 Å². The van der Waals surface area contributed by atoms with Crippen LogP contribution in [-0.4, -0.2) is 12.0 Å². The quantitative estimate of drug-likeness (QED) is 0.739. The normalized spacial score (nSPS) is 10.3. The van der Waals surface area contributed by atoms with E-state index in [-0.39, 0.29) is 0 Å². The van der Waals surface area contributed by atoms with E-state index in [2.05, 4.69) is 19.9 Å². The maximum absolute atomic E-state index is 9.12. The van der Waals surface area contributed by atoms with Crippen LogP contribution < -0.4 is 0 Å². The topological polar surface area (TPSA) is 23.8 Å². The van der Waals surface area contributed by atoms with Crippen LogP contribution in [0.5, 0.6) is 0 Å². The lowest BCUT2D eigenvalue weighted by Crippen LogP contribution is -1.92. The van der Waals surface area contributed by atoms with Gasteiger partial charge in [0.25, 0.3) is 0 Å². The van der Waals surface area contributed by atoms with Gasteiger partial charge in [0.1, 0.15) is 6.07 Å². The van der Waals surface area contributed by atoms with Gasteiger partial charge in [-0.25, -0.2) is 0 Å². The molecule has 80 valence electrons. The van der Waals surface area contributed by atoms with Crippen molar-refractivity contribution in [2.75, 3.05) is 12.0 Å². The standard InChI is InChI=1S/C12H15NS2/c1-9(2)8-15-12-6-4-5-11(14-3)10(12)7-13/h4-6,9H,8H2,1-3H3. The Hall–Kier alpha value is -0.590. The van der Waals surface area contributed by atoms with E-state index in [0.717, 1.165) is 21.1 Å². The molecule has 0 radical (unpaired) electrons. The largest absolute Gasteiger partial charge is 0.192 e. The maximum Gasteiger partial charge on any atom is 0.101 e. The van der Waals surface area contributed by atoms with Gasteiger partial charge in [0, 0.05) is 15.5 Å². The zero-order valence-corrected chi connectivity index (χ0v) is 10.9. The van der Waals surface area contributed by atoms with Crippen molar-refractivity contribution in [2.24, 2.45) is 5.92 Å². The first-order chi connectivity index (χ1) is 7.19. The van der Waals surface area contributed by atoms with Gasteiger partial charge < -0.3 is 0 Å². The molecule has 1 aromatic carbocycles. The van der Waals surface area contributed by atoms with Crippen molar-refractivity contribution >= 4 is 23.5 Å². The third-order valence-corrected chi connectivity index (χ3v) is 4.16. The Labute approximate surface area is 100 Å². The van der Waals surface area contributed by atoms with E-state index in [1.165, 1.54) is 0 Å². The van der Waals surface area contributed by atoms with Crippen LogP contribution >= 0.6 is 23.5 Å². The number of thioether (sulfide) groups is 2. The molecule has 3 heteroatoms. The molecule has 0 fully saturated rings. The fraction of sp³-hybridized carbons (Fsp3) is 0.417.